The average molecular weight is 527 g/mol. The van der Waals surface area contributed by atoms with E-state index in [1.807, 2.05) is 52.0 Å². The van der Waals surface area contributed by atoms with Crippen molar-refractivity contribution >= 4 is 46.5 Å². The second kappa shape index (κ2) is 13.0. The molecular weight excluding hydrogens is 496 g/mol. The Morgan fingerprint density at radius 2 is 1.84 bits per heavy atom. The highest BCUT2D eigenvalue weighted by Crippen LogP contribution is 2.34. The Labute approximate surface area is 220 Å². The molecule has 9 nitrogen and oxygen atoms in total. The largest absolute Gasteiger partial charge is 0.490 e. The van der Waals surface area contributed by atoms with Crippen LogP contribution in [-0.2, 0) is 19.1 Å². The van der Waals surface area contributed by atoms with E-state index in [-0.39, 0.29) is 29.9 Å². The number of nitrogens with zero attached hydrogens (tertiary/aromatic N) is 1. The molecule has 3 amide bonds. The molecule has 0 bridgehead atoms. The highest BCUT2D eigenvalue weighted by atomic mass is 32.2. The van der Waals surface area contributed by atoms with Crippen molar-refractivity contribution in [2.45, 2.75) is 27.7 Å². The van der Waals surface area contributed by atoms with E-state index in [4.69, 9.17) is 14.2 Å². The summed E-state index contributed by atoms with van der Waals surface area (Å²) in [6.45, 7) is 7.40. The van der Waals surface area contributed by atoms with Gasteiger partial charge in [0, 0.05) is 5.69 Å². The third-order valence-corrected chi connectivity index (χ3v) is 5.99. The van der Waals surface area contributed by atoms with E-state index >= 15 is 0 Å². The van der Waals surface area contributed by atoms with Crippen molar-refractivity contribution in [2.24, 2.45) is 5.92 Å². The van der Waals surface area contributed by atoms with Gasteiger partial charge in [0.2, 0.25) is 0 Å². The van der Waals surface area contributed by atoms with Gasteiger partial charge in [-0.2, -0.15) is 0 Å². The maximum atomic E-state index is 12.7. The van der Waals surface area contributed by atoms with E-state index in [2.05, 4.69) is 5.32 Å². The number of hydrogen-bond acceptors (Lipinski definition) is 8. The molecule has 1 aliphatic rings. The summed E-state index contributed by atoms with van der Waals surface area (Å²) in [5.41, 5.74) is 2.23. The third-order valence-electron chi connectivity index (χ3n) is 5.08. The van der Waals surface area contributed by atoms with Gasteiger partial charge in [-0.25, -0.2) is 0 Å². The summed E-state index contributed by atoms with van der Waals surface area (Å²) in [5, 5.41) is 2.27. The summed E-state index contributed by atoms with van der Waals surface area (Å²) in [5.74, 6) is -0.628. The molecule has 10 heteroatoms. The molecule has 0 saturated carbocycles. The van der Waals surface area contributed by atoms with Crippen LogP contribution in [0.1, 0.15) is 31.9 Å². The zero-order valence-corrected chi connectivity index (χ0v) is 22.1. The van der Waals surface area contributed by atoms with E-state index in [0.717, 1.165) is 22.2 Å². The third kappa shape index (κ3) is 7.85. The van der Waals surface area contributed by atoms with Crippen LogP contribution in [-0.4, -0.2) is 54.3 Å². The quantitative estimate of drug-likeness (QED) is 0.333. The van der Waals surface area contributed by atoms with Crippen molar-refractivity contribution in [2.75, 3.05) is 31.7 Å². The van der Waals surface area contributed by atoms with Crippen molar-refractivity contribution in [3.05, 3.63) is 58.5 Å². The zero-order valence-electron chi connectivity index (χ0n) is 21.2. The lowest BCUT2D eigenvalue weighted by atomic mass is 10.2. The molecule has 196 valence electrons. The maximum Gasteiger partial charge on any atom is 0.326 e. The Balaban J connectivity index is 1.67. The van der Waals surface area contributed by atoms with E-state index in [1.165, 1.54) is 0 Å². The number of imide groups is 1. The van der Waals surface area contributed by atoms with Gasteiger partial charge in [-0.1, -0.05) is 38.1 Å². The van der Waals surface area contributed by atoms with Gasteiger partial charge in [0.1, 0.15) is 6.54 Å². The molecule has 1 fully saturated rings. The van der Waals surface area contributed by atoms with Gasteiger partial charge in [0.25, 0.3) is 17.1 Å². The number of aryl methyl sites for hydroxylation is 1. The van der Waals surface area contributed by atoms with Crippen molar-refractivity contribution in [3.63, 3.8) is 0 Å². The van der Waals surface area contributed by atoms with Crippen LogP contribution in [0, 0.1) is 12.8 Å². The van der Waals surface area contributed by atoms with Crippen LogP contribution >= 0.6 is 11.8 Å². The molecule has 1 saturated heterocycles. The number of amides is 3. The van der Waals surface area contributed by atoms with Gasteiger partial charge >= 0.3 is 5.97 Å². The number of carbonyl (C=O) groups is 4. The monoisotopic (exact) mass is 526 g/mol. The molecule has 0 aliphatic carbocycles. The second-order valence-corrected chi connectivity index (χ2v) is 9.63. The van der Waals surface area contributed by atoms with Crippen LogP contribution in [0.2, 0.25) is 0 Å². The van der Waals surface area contributed by atoms with Gasteiger partial charge in [-0.15, -0.1) is 0 Å². The molecule has 0 spiro atoms. The Hall–Kier alpha value is -3.79. The number of benzene rings is 2. The van der Waals surface area contributed by atoms with Gasteiger partial charge in [0.15, 0.2) is 18.1 Å². The fourth-order valence-corrected chi connectivity index (χ4v) is 4.11. The maximum absolute atomic E-state index is 12.7. The van der Waals surface area contributed by atoms with E-state index in [0.29, 0.717) is 29.4 Å². The SMILES string of the molecule is CCOc1cc(/C=C2\SC(=O)N(CC(=O)OCC(C)C)C2=O)ccc1OCC(=O)Nc1ccccc1C. The summed E-state index contributed by atoms with van der Waals surface area (Å²) >= 11 is 0.748. The van der Waals surface area contributed by atoms with Crippen LogP contribution in [0.15, 0.2) is 47.4 Å². The zero-order chi connectivity index (χ0) is 26.9. The topological polar surface area (TPSA) is 111 Å². The molecule has 3 rings (SSSR count). The molecule has 1 heterocycles. The minimum atomic E-state index is -0.635. The summed E-state index contributed by atoms with van der Waals surface area (Å²) in [6.07, 6.45) is 1.54. The standard InChI is InChI=1S/C27H30N2O7S/c1-5-34-22-12-19(10-11-21(22)35-16-24(30)28-20-9-7-6-8-18(20)4)13-23-26(32)29(27(33)37-23)14-25(31)36-15-17(2)3/h6-13,17H,5,14-16H2,1-4H3,(H,28,30)/b23-13-. The molecule has 2 aromatic carbocycles. The first-order chi connectivity index (χ1) is 17.7. The number of nitrogens with one attached hydrogen (secondary N) is 1. The summed E-state index contributed by atoms with van der Waals surface area (Å²) in [7, 11) is 0. The fraction of sp³-hybridized carbons (Fsp3) is 0.333. The molecule has 1 N–H and O–H groups in total. The summed E-state index contributed by atoms with van der Waals surface area (Å²) < 4.78 is 16.4. The Morgan fingerprint density at radius 1 is 1.08 bits per heavy atom. The molecule has 0 aromatic heterocycles. The first-order valence-corrected chi connectivity index (χ1v) is 12.7. The molecule has 2 aromatic rings. The van der Waals surface area contributed by atoms with Gasteiger partial charge in [-0.3, -0.25) is 24.1 Å². The first-order valence-electron chi connectivity index (χ1n) is 11.8. The molecule has 1 aliphatic heterocycles. The van der Waals surface area contributed by atoms with Crippen LogP contribution < -0.4 is 14.8 Å². The minimum absolute atomic E-state index is 0.146. The van der Waals surface area contributed by atoms with Crippen LogP contribution in [0.4, 0.5) is 10.5 Å². The van der Waals surface area contributed by atoms with E-state index < -0.39 is 23.7 Å². The number of para-hydroxylation sites is 1. The molecule has 0 radical (unpaired) electrons. The number of anilines is 1. The van der Waals surface area contributed by atoms with Crippen LogP contribution in [0.3, 0.4) is 0 Å². The number of rotatable bonds is 11. The number of hydrogen-bond donors (Lipinski definition) is 1. The molecule has 0 unspecified atom stereocenters. The van der Waals surface area contributed by atoms with Gasteiger partial charge in [0.05, 0.1) is 18.1 Å². The van der Waals surface area contributed by atoms with Gasteiger partial charge in [-0.05, 0) is 66.9 Å². The first kappa shape index (κ1) is 27.8. The highest BCUT2D eigenvalue weighted by Gasteiger charge is 2.36. The number of esters is 1. The minimum Gasteiger partial charge on any atom is -0.490 e. The highest BCUT2D eigenvalue weighted by molar-refractivity contribution is 8.18. The van der Waals surface area contributed by atoms with Crippen molar-refractivity contribution in [1.82, 2.24) is 4.90 Å². The summed E-state index contributed by atoms with van der Waals surface area (Å²) in [6, 6.07) is 12.4. The van der Waals surface area contributed by atoms with Gasteiger partial charge < -0.3 is 19.5 Å². The Morgan fingerprint density at radius 3 is 2.54 bits per heavy atom. The molecule has 0 atom stereocenters. The van der Waals surface area contributed by atoms with E-state index in [9.17, 15) is 19.2 Å². The van der Waals surface area contributed by atoms with Crippen LogP contribution in [0.25, 0.3) is 6.08 Å². The number of ether oxygens (including phenoxy) is 3. The lowest BCUT2D eigenvalue weighted by Crippen LogP contribution is -2.34. The molecule has 37 heavy (non-hydrogen) atoms. The van der Waals surface area contributed by atoms with Crippen molar-refractivity contribution < 1.29 is 33.4 Å². The fourth-order valence-electron chi connectivity index (χ4n) is 3.27. The Kier molecular flexibility index (Phi) is 9.73. The predicted molar refractivity (Wildman–Crippen MR) is 141 cm³/mol. The van der Waals surface area contributed by atoms with E-state index in [1.54, 1.807) is 24.3 Å². The van der Waals surface area contributed by atoms with Crippen molar-refractivity contribution in [1.29, 1.82) is 0 Å². The number of carbonyl (C=O) groups excluding carboxylic acids is 4. The second-order valence-electron chi connectivity index (χ2n) is 8.64. The lowest BCUT2D eigenvalue weighted by molar-refractivity contribution is -0.147. The molecular formula is C27H30N2O7S. The lowest BCUT2D eigenvalue weighted by Gasteiger charge is -2.13. The Bertz CT molecular complexity index is 1210. The average Bonchev–Trinajstić information content (AvgIpc) is 3.11. The normalized spacial score (nSPS) is 14.3. The van der Waals surface area contributed by atoms with Crippen LogP contribution in [0.5, 0.6) is 11.5 Å². The summed E-state index contributed by atoms with van der Waals surface area (Å²) in [4.78, 5) is 50.4. The number of thioether (sulfide) groups is 1. The van der Waals surface area contributed by atoms with Crippen molar-refractivity contribution in [3.8, 4) is 11.5 Å². The predicted octanol–water partition coefficient (Wildman–Crippen LogP) is 4.65. The smallest absolute Gasteiger partial charge is 0.326 e.